The predicted octanol–water partition coefficient (Wildman–Crippen LogP) is 15.4. The van der Waals surface area contributed by atoms with Crippen LogP contribution in [0.4, 0.5) is 17.1 Å². The molecule has 3 aliphatic carbocycles. The number of hydrogen-bond donors (Lipinski definition) is 0. The van der Waals surface area contributed by atoms with Crippen LogP contribution < -0.4 is 4.90 Å². The fourth-order valence-corrected chi connectivity index (χ4v) is 11.3. The maximum Gasteiger partial charge on any atom is 0.135 e. The molecule has 0 fully saturated rings. The molecule has 282 valence electrons. The van der Waals surface area contributed by atoms with Crippen LogP contribution in [0, 0.1) is 0 Å². The van der Waals surface area contributed by atoms with E-state index in [0.29, 0.717) is 0 Å². The maximum atomic E-state index is 6.30. The van der Waals surface area contributed by atoms with Crippen LogP contribution in [-0.4, -0.2) is 0 Å². The summed E-state index contributed by atoms with van der Waals surface area (Å²) < 4.78 is 6.30. The first-order valence-corrected chi connectivity index (χ1v) is 21.0. The van der Waals surface area contributed by atoms with E-state index in [2.05, 4.69) is 213 Å². The topological polar surface area (TPSA) is 16.4 Å². The molecule has 1 spiro atoms. The average molecular weight is 766 g/mol. The first-order valence-electron chi connectivity index (χ1n) is 21.0. The minimum Gasteiger partial charge on any atom is -0.456 e. The number of para-hydroxylation sites is 1. The molecule has 1 heterocycles. The van der Waals surface area contributed by atoms with E-state index in [1.165, 1.54) is 77.9 Å². The van der Waals surface area contributed by atoms with Crippen molar-refractivity contribution in [3.8, 4) is 44.5 Å². The first kappa shape index (κ1) is 33.5. The molecule has 0 aliphatic heterocycles. The number of benzene rings is 9. The van der Waals surface area contributed by atoms with Crippen LogP contribution in [0.5, 0.6) is 0 Å². The van der Waals surface area contributed by atoms with Gasteiger partial charge in [0.2, 0.25) is 0 Å². The van der Waals surface area contributed by atoms with Gasteiger partial charge in [0.15, 0.2) is 0 Å². The summed E-state index contributed by atoms with van der Waals surface area (Å²) in [7, 11) is 0. The number of furan rings is 1. The van der Waals surface area contributed by atoms with E-state index in [9.17, 15) is 0 Å². The Bertz CT molecular complexity index is 3370. The second-order valence-electron chi connectivity index (χ2n) is 17.2. The van der Waals surface area contributed by atoms with Crippen molar-refractivity contribution < 1.29 is 4.42 Å². The standard InChI is InChI=1S/C58H39NO/c1-57(2)48-20-8-3-14-41(48)44-32-30-39(35-53(44)57)59(38-31-33-55-47(34-38)45-17-7-12-25-54(45)60-55)37-28-26-36(27-29-37)40-19-13-24-52-56(40)46-18-6-11-23-51(46)58(52)49-21-9-4-15-42(49)43-16-5-10-22-50(43)58/h3-35H,1-2H3. The van der Waals surface area contributed by atoms with Crippen molar-refractivity contribution in [2.75, 3.05) is 4.90 Å². The molecule has 0 bridgehead atoms. The van der Waals surface area contributed by atoms with Gasteiger partial charge in [-0.2, -0.15) is 0 Å². The number of hydrogen-bond acceptors (Lipinski definition) is 2. The van der Waals surface area contributed by atoms with Crippen molar-refractivity contribution in [1.29, 1.82) is 0 Å². The molecule has 13 rings (SSSR count). The van der Waals surface area contributed by atoms with Crippen LogP contribution in [0.2, 0.25) is 0 Å². The lowest BCUT2D eigenvalue weighted by molar-refractivity contribution is 0.660. The Morgan fingerprint density at radius 3 is 1.58 bits per heavy atom. The largest absolute Gasteiger partial charge is 0.456 e. The van der Waals surface area contributed by atoms with Gasteiger partial charge in [-0.3, -0.25) is 0 Å². The SMILES string of the molecule is CC1(C)c2ccccc2-c2ccc(N(c3ccc(-c4cccc5c4-c4ccccc4C54c5ccccc5-c5ccccc54)cc3)c3ccc4oc5ccccc5c4c3)cc21. The monoisotopic (exact) mass is 765 g/mol. The van der Waals surface area contributed by atoms with Crippen LogP contribution in [-0.2, 0) is 10.8 Å². The molecule has 9 aromatic carbocycles. The molecule has 2 heteroatoms. The molecule has 0 unspecified atom stereocenters. The van der Waals surface area contributed by atoms with Crippen LogP contribution in [0.25, 0.3) is 66.4 Å². The van der Waals surface area contributed by atoms with Crippen molar-refractivity contribution in [2.24, 2.45) is 0 Å². The lowest BCUT2D eigenvalue weighted by atomic mass is 9.70. The molecule has 0 radical (unpaired) electrons. The Hall–Kier alpha value is -7.42. The van der Waals surface area contributed by atoms with Crippen LogP contribution in [0.1, 0.15) is 47.2 Å². The van der Waals surface area contributed by atoms with Crippen molar-refractivity contribution >= 4 is 39.0 Å². The third-order valence-electron chi connectivity index (χ3n) is 13.9. The Morgan fingerprint density at radius 1 is 0.350 bits per heavy atom. The molecular weight excluding hydrogens is 727 g/mol. The fraction of sp³-hybridized carbons (Fsp3) is 0.0690. The van der Waals surface area contributed by atoms with E-state index in [-0.39, 0.29) is 10.8 Å². The Balaban J connectivity index is 0.987. The number of anilines is 3. The summed E-state index contributed by atoms with van der Waals surface area (Å²) in [4.78, 5) is 2.41. The molecule has 0 saturated carbocycles. The fourth-order valence-electron chi connectivity index (χ4n) is 11.3. The van der Waals surface area contributed by atoms with Crippen LogP contribution >= 0.6 is 0 Å². The number of fused-ring (bicyclic) bond motifs is 16. The van der Waals surface area contributed by atoms with E-state index >= 15 is 0 Å². The van der Waals surface area contributed by atoms with Gasteiger partial charge in [-0.15, -0.1) is 0 Å². The molecular formula is C58H39NO. The van der Waals surface area contributed by atoms with Crippen LogP contribution in [0.3, 0.4) is 0 Å². The van der Waals surface area contributed by atoms with Crippen molar-refractivity contribution in [3.63, 3.8) is 0 Å². The van der Waals surface area contributed by atoms with Gasteiger partial charge in [0.1, 0.15) is 11.2 Å². The Morgan fingerprint density at radius 2 is 0.850 bits per heavy atom. The summed E-state index contributed by atoms with van der Waals surface area (Å²) in [6.07, 6.45) is 0. The highest BCUT2D eigenvalue weighted by molar-refractivity contribution is 6.07. The van der Waals surface area contributed by atoms with Gasteiger partial charge in [-0.05, 0) is 126 Å². The quantitative estimate of drug-likeness (QED) is 0.177. The minimum atomic E-state index is -0.372. The van der Waals surface area contributed by atoms with Crippen molar-refractivity contribution in [2.45, 2.75) is 24.7 Å². The smallest absolute Gasteiger partial charge is 0.135 e. The first-order chi connectivity index (χ1) is 29.5. The highest BCUT2D eigenvalue weighted by atomic mass is 16.3. The molecule has 10 aromatic rings. The van der Waals surface area contributed by atoms with Crippen molar-refractivity contribution in [3.05, 3.63) is 234 Å². The number of rotatable bonds is 4. The van der Waals surface area contributed by atoms with E-state index in [1.54, 1.807) is 0 Å². The molecule has 0 N–H and O–H groups in total. The zero-order chi connectivity index (χ0) is 39.7. The molecule has 0 atom stereocenters. The highest BCUT2D eigenvalue weighted by Crippen LogP contribution is 2.64. The lowest BCUT2D eigenvalue weighted by Crippen LogP contribution is -2.25. The highest BCUT2D eigenvalue weighted by Gasteiger charge is 2.52. The summed E-state index contributed by atoms with van der Waals surface area (Å²) in [6, 6.07) is 74.2. The second-order valence-corrected chi connectivity index (χ2v) is 17.2. The van der Waals surface area contributed by atoms with Gasteiger partial charge in [0.05, 0.1) is 5.41 Å². The molecule has 2 nitrogen and oxygen atoms in total. The van der Waals surface area contributed by atoms with Gasteiger partial charge in [-0.25, -0.2) is 0 Å². The second kappa shape index (κ2) is 12.1. The van der Waals surface area contributed by atoms with E-state index in [1.807, 2.05) is 6.07 Å². The van der Waals surface area contributed by atoms with E-state index < -0.39 is 0 Å². The summed E-state index contributed by atoms with van der Waals surface area (Å²) >= 11 is 0. The van der Waals surface area contributed by atoms with Crippen molar-refractivity contribution in [1.82, 2.24) is 0 Å². The minimum absolute atomic E-state index is 0.121. The molecule has 0 amide bonds. The van der Waals surface area contributed by atoms with Gasteiger partial charge in [0.25, 0.3) is 0 Å². The summed E-state index contributed by atoms with van der Waals surface area (Å²) in [6.45, 7) is 4.71. The van der Waals surface area contributed by atoms with E-state index in [0.717, 1.165) is 39.0 Å². The normalized spacial score (nSPS) is 14.4. The predicted molar refractivity (Wildman–Crippen MR) is 248 cm³/mol. The van der Waals surface area contributed by atoms with E-state index in [4.69, 9.17) is 4.42 Å². The zero-order valence-electron chi connectivity index (χ0n) is 33.4. The zero-order valence-corrected chi connectivity index (χ0v) is 33.4. The summed E-state index contributed by atoms with van der Waals surface area (Å²) in [5.74, 6) is 0. The molecule has 60 heavy (non-hydrogen) atoms. The maximum absolute atomic E-state index is 6.30. The third-order valence-corrected chi connectivity index (χ3v) is 13.9. The summed E-state index contributed by atoms with van der Waals surface area (Å²) in [5.41, 5.74) is 23.2. The molecule has 1 aromatic heterocycles. The average Bonchev–Trinajstić information content (AvgIpc) is 3.99. The van der Waals surface area contributed by atoms with Gasteiger partial charge >= 0.3 is 0 Å². The Kier molecular flexibility index (Phi) is 6.74. The molecule has 0 saturated heterocycles. The van der Waals surface area contributed by atoms with Gasteiger partial charge in [-0.1, -0.05) is 166 Å². The van der Waals surface area contributed by atoms with Crippen LogP contribution in [0.15, 0.2) is 205 Å². The lowest BCUT2D eigenvalue weighted by Gasteiger charge is -2.30. The van der Waals surface area contributed by atoms with Gasteiger partial charge < -0.3 is 9.32 Å². The van der Waals surface area contributed by atoms with Gasteiger partial charge in [0, 0.05) is 33.2 Å². The third kappa shape index (κ3) is 4.32. The number of nitrogens with zero attached hydrogens (tertiary/aromatic N) is 1. The Labute approximate surface area is 349 Å². The summed E-state index contributed by atoms with van der Waals surface area (Å²) in [5, 5.41) is 2.24. The molecule has 3 aliphatic rings.